The number of ketones is 1. The summed E-state index contributed by atoms with van der Waals surface area (Å²) in [6.45, 7) is 13.6. The number of carbonyl (C=O) groups excluding carboxylic acids is 3. The molecule has 4 aliphatic rings. The van der Waals surface area contributed by atoms with E-state index in [9.17, 15) is 69.9 Å². The molecule has 1 unspecified atom stereocenters. The van der Waals surface area contributed by atoms with Crippen molar-refractivity contribution >= 4 is 51.5 Å². The van der Waals surface area contributed by atoms with Gasteiger partial charge in [-0.15, -0.1) is 0 Å². The van der Waals surface area contributed by atoms with Crippen LogP contribution in [0, 0.1) is 23.7 Å². The van der Waals surface area contributed by atoms with E-state index in [0.29, 0.717) is 44.7 Å². The van der Waals surface area contributed by atoms with Gasteiger partial charge in [-0.05, 0) is 107 Å². The molecule has 8 rings (SSSR count). The van der Waals surface area contributed by atoms with E-state index >= 15 is 0 Å². The van der Waals surface area contributed by atoms with Crippen molar-refractivity contribution in [1.29, 1.82) is 0 Å². The molecule has 0 radical (unpaired) electrons. The third kappa shape index (κ3) is 17.4. The van der Waals surface area contributed by atoms with Crippen LogP contribution >= 0.6 is 0 Å². The monoisotopic (exact) mass is 1300 g/mol. The molecule has 24 heteroatoms. The van der Waals surface area contributed by atoms with Gasteiger partial charge < -0.3 is 98.3 Å². The second kappa shape index (κ2) is 32.4. The number of carbonyl (C=O) groups is 5. The van der Waals surface area contributed by atoms with Crippen molar-refractivity contribution in [2.24, 2.45) is 23.7 Å². The first-order valence-corrected chi connectivity index (χ1v) is 31.5. The van der Waals surface area contributed by atoms with Gasteiger partial charge in [-0.1, -0.05) is 87.0 Å². The molecule has 4 aromatic carbocycles. The first-order chi connectivity index (χ1) is 44.0. The molecule has 93 heavy (non-hydrogen) atoms. The van der Waals surface area contributed by atoms with E-state index in [1.165, 1.54) is 39.4 Å². The average Bonchev–Trinajstić information content (AvgIpc) is 0.785. The highest BCUT2D eigenvalue weighted by atomic mass is 16.7. The van der Waals surface area contributed by atoms with E-state index in [-0.39, 0.29) is 49.2 Å². The quantitative estimate of drug-likeness (QED) is 0.0418. The minimum Gasteiger partial charge on any atom is -0.507 e. The Morgan fingerprint density at radius 1 is 0.742 bits per heavy atom. The predicted octanol–water partition coefficient (Wildman–Crippen LogP) is 6.22. The molecule has 0 aliphatic carbocycles. The van der Waals surface area contributed by atoms with Crippen LogP contribution in [0.4, 0.5) is 0 Å². The average molecular weight is 1300 g/mol. The van der Waals surface area contributed by atoms with Crippen molar-refractivity contribution in [2.45, 2.75) is 198 Å². The van der Waals surface area contributed by atoms with Gasteiger partial charge in [-0.25, -0.2) is 9.59 Å². The normalized spacial score (nSPS) is 35.1. The Labute approximate surface area is 541 Å². The number of aldehydes is 1. The molecule has 4 aromatic rings. The number of carboxylic acid groups (broad SMARTS) is 2. The first kappa shape index (κ1) is 74.1. The van der Waals surface area contributed by atoms with Gasteiger partial charge in [0.1, 0.15) is 71.6 Å². The molecule has 4 aliphatic heterocycles. The van der Waals surface area contributed by atoms with E-state index in [4.69, 9.17) is 42.6 Å². The Kier molecular flexibility index (Phi) is 25.8. The smallest absolute Gasteiger partial charge is 0.339 e. The molecule has 512 valence electrons. The summed E-state index contributed by atoms with van der Waals surface area (Å²) in [5, 5.41) is 98.6. The van der Waals surface area contributed by atoms with E-state index in [2.05, 4.69) is 0 Å². The van der Waals surface area contributed by atoms with Crippen LogP contribution in [-0.2, 0) is 63.4 Å². The molecular weight excluding hydrogens is 1210 g/mol. The number of hydrogen-bond acceptors (Lipinski definition) is 22. The van der Waals surface area contributed by atoms with Crippen LogP contribution in [0.2, 0.25) is 0 Å². The summed E-state index contributed by atoms with van der Waals surface area (Å²) in [4.78, 5) is 64.7. The van der Waals surface area contributed by atoms with Gasteiger partial charge >= 0.3 is 17.9 Å². The Hall–Kier alpha value is -6.33. The molecule has 3 fully saturated rings. The number of cyclic esters (lactones) is 1. The summed E-state index contributed by atoms with van der Waals surface area (Å²) in [7, 11) is 6.43. The molecule has 3 saturated heterocycles. The van der Waals surface area contributed by atoms with Crippen molar-refractivity contribution in [3.8, 4) is 11.5 Å². The lowest BCUT2D eigenvalue weighted by atomic mass is 9.79. The fourth-order valence-electron chi connectivity index (χ4n) is 13.2. The Morgan fingerprint density at radius 2 is 1.31 bits per heavy atom. The number of carboxylic acids is 2. The highest BCUT2D eigenvalue weighted by Crippen LogP contribution is 2.41. The molecule has 9 N–H and O–H groups in total. The number of ether oxygens (including phenoxy) is 9. The Bertz CT molecular complexity index is 3190. The molecule has 0 amide bonds. The summed E-state index contributed by atoms with van der Waals surface area (Å²) < 4.78 is 54.7. The SMILES string of the molecule is CC[C@H]1OC(=O)C[C@@H](O)[C@H](C)[C@@H](O[C@@H]2O[C@H](C)[C@@H](O[C@H]3C[C@@](C)(O)[C@@H](O)[C@H](C)O3)[C@H](N(C)C)[C@H]2O)[C@@H](CC=O)C[C@@H](C)C(=O)/C=C/C(C)=C/C1CO[C@@H]1O[C@H](C)[C@@H](O)[C@@H](OC)[C@H]1OC.O=C(O)c1cc2ccccc2c(Cc2c(O)c(C(=O)O)cc3ccccc23)c1O. The zero-order valence-electron chi connectivity index (χ0n) is 54.8. The minimum absolute atomic E-state index is 0.00788. The molecule has 0 bridgehead atoms. The summed E-state index contributed by atoms with van der Waals surface area (Å²) in [6, 6.07) is 16.0. The number of aromatic carboxylic acids is 2. The molecule has 21 atom stereocenters. The zero-order valence-corrected chi connectivity index (χ0v) is 54.8. The topological polar surface area (TPSA) is 354 Å². The number of allylic oxidation sites excluding steroid dienone is 3. The number of methoxy groups -OCH3 is 2. The number of rotatable bonds is 17. The lowest BCUT2D eigenvalue weighted by Crippen LogP contribution is -2.65. The van der Waals surface area contributed by atoms with Crippen LogP contribution in [0.25, 0.3) is 21.5 Å². The Morgan fingerprint density at radius 3 is 1.84 bits per heavy atom. The largest absolute Gasteiger partial charge is 0.507 e. The third-order valence-corrected chi connectivity index (χ3v) is 18.5. The minimum atomic E-state index is -1.49. The second-order valence-electron chi connectivity index (χ2n) is 25.5. The number of nitrogens with zero attached hydrogens (tertiary/aromatic N) is 1. The Balaban J connectivity index is 0.000000348. The summed E-state index contributed by atoms with van der Waals surface area (Å²) >= 11 is 0. The van der Waals surface area contributed by atoms with E-state index < -0.39 is 163 Å². The van der Waals surface area contributed by atoms with Gasteiger partial charge in [0.25, 0.3) is 0 Å². The fourth-order valence-corrected chi connectivity index (χ4v) is 13.2. The highest BCUT2D eigenvalue weighted by Gasteiger charge is 2.52. The molecular formula is C69H93NO23. The van der Waals surface area contributed by atoms with Gasteiger partial charge in [0, 0.05) is 62.4 Å². The number of benzene rings is 4. The number of phenols is 2. The van der Waals surface area contributed by atoms with Crippen LogP contribution in [0.3, 0.4) is 0 Å². The molecule has 4 heterocycles. The van der Waals surface area contributed by atoms with E-state index in [1.54, 1.807) is 108 Å². The predicted molar refractivity (Wildman–Crippen MR) is 338 cm³/mol. The number of aliphatic hydroxyl groups excluding tert-OH is 4. The maximum absolute atomic E-state index is 13.8. The number of aliphatic hydroxyl groups is 5. The van der Waals surface area contributed by atoms with Gasteiger partial charge in [-0.3, -0.25) is 9.59 Å². The maximum Gasteiger partial charge on any atom is 0.339 e. The summed E-state index contributed by atoms with van der Waals surface area (Å²) in [5.74, 6) is -6.94. The van der Waals surface area contributed by atoms with Crippen molar-refractivity contribution in [3.63, 3.8) is 0 Å². The van der Waals surface area contributed by atoms with Crippen molar-refractivity contribution < 1.29 is 113 Å². The summed E-state index contributed by atoms with van der Waals surface area (Å²) in [5.41, 5.74) is -0.694. The number of esters is 1. The second-order valence-corrected chi connectivity index (χ2v) is 25.5. The molecule has 0 aromatic heterocycles. The lowest BCUT2D eigenvalue weighted by molar-refractivity contribution is -0.341. The first-order valence-electron chi connectivity index (χ1n) is 31.5. The van der Waals surface area contributed by atoms with Gasteiger partial charge in [0.15, 0.2) is 24.7 Å². The van der Waals surface area contributed by atoms with Gasteiger partial charge in [-0.2, -0.15) is 0 Å². The van der Waals surface area contributed by atoms with Crippen molar-refractivity contribution in [1.82, 2.24) is 4.90 Å². The molecule has 0 saturated carbocycles. The van der Waals surface area contributed by atoms with E-state index in [0.717, 1.165) is 6.29 Å². The van der Waals surface area contributed by atoms with Gasteiger partial charge in [0.05, 0.1) is 55.2 Å². The number of hydrogen-bond donors (Lipinski definition) is 9. The van der Waals surface area contributed by atoms with Crippen molar-refractivity contribution in [2.75, 3.05) is 34.9 Å². The van der Waals surface area contributed by atoms with Crippen LogP contribution in [0.15, 0.2) is 84.5 Å². The van der Waals surface area contributed by atoms with Crippen LogP contribution in [0.5, 0.6) is 11.5 Å². The molecule has 24 nitrogen and oxygen atoms in total. The zero-order chi connectivity index (χ0) is 68.5. The van der Waals surface area contributed by atoms with Gasteiger partial charge in [0.2, 0.25) is 0 Å². The summed E-state index contributed by atoms with van der Waals surface area (Å²) in [6.07, 6.45) is -8.53. The lowest BCUT2D eigenvalue weighted by Gasteiger charge is -2.50. The van der Waals surface area contributed by atoms with Crippen LogP contribution < -0.4 is 0 Å². The van der Waals surface area contributed by atoms with Crippen LogP contribution in [0.1, 0.15) is 119 Å². The number of likely N-dealkylation sites (N-methyl/N-ethyl adjacent to an activating group) is 1. The maximum atomic E-state index is 13.8. The van der Waals surface area contributed by atoms with Crippen LogP contribution in [-0.4, -0.2) is 220 Å². The standard InChI is InChI=1S/C46H77NO17.C23H16O6/c1-13-33-30(22-58-45-42(57-12)41(56-11)37(52)26(5)60-45)18-23(2)14-15-31(49)24(3)19-29(16-17-48)39(25(4)32(50)20-34(51)62-33)64-44-38(53)36(47(9)10)40(27(6)61-44)63-35-21-46(8,55)43(54)28(7)59-35;24-20-16(14-7-3-1-5-12(14)9-18(20)22(26)27)11-17-15-8-4-2-6-13(15)10-19(21(17)25)23(28)29/h14-15,17-18,24-30,32-33,35-45,50,52-55H,13,16,19-22H2,1-12H3;1-10,24-25H,11H2,(H,26,27)(H,28,29)/b15-14+,23-18+;/t24-,25+,26-,27-,28+,29+,30?,32-,33-,35+,36-,37-,38-,39-,40-,41-,42-,43+,44+,45-,46-;/m1./s1. The third-order valence-electron chi connectivity index (χ3n) is 18.5. The number of fused-ring (bicyclic) bond motifs is 2. The van der Waals surface area contributed by atoms with Crippen molar-refractivity contribution in [3.05, 3.63) is 107 Å². The van der Waals surface area contributed by atoms with E-state index in [1.807, 2.05) is 19.9 Å². The fraction of sp³-hybridized carbons (Fsp3) is 0.580. The molecule has 0 spiro atoms. The highest BCUT2D eigenvalue weighted by molar-refractivity contribution is 6.02. The number of aromatic hydroxyl groups is 2.